The molecule has 0 aliphatic carbocycles. The van der Waals surface area contributed by atoms with Gasteiger partial charge in [0.15, 0.2) is 15.7 Å². The third-order valence-corrected chi connectivity index (χ3v) is 5.66. The van der Waals surface area contributed by atoms with E-state index in [1.807, 2.05) is 6.92 Å². The van der Waals surface area contributed by atoms with Crippen molar-refractivity contribution in [1.82, 2.24) is 15.0 Å². The molecule has 1 saturated heterocycles. The average molecular weight is 365 g/mol. The summed E-state index contributed by atoms with van der Waals surface area (Å²) >= 11 is 0. The second-order valence-corrected chi connectivity index (χ2v) is 7.91. The van der Waals surface area contributed by atoms with E-state index in [0.29, 0.717) is 26.3 Å². The minimum Gasteiger partial charge on any atom is -0.378 e. The molecule has 2 heterocycles. The lowest BCUT2D eigenvalue weighted by atomic mass is 10.2. The van der Waals surface area contributed by atoms with Gasteiger partial charge in [-0.2, -0.15) is 4.98 Å². The lowest BCUT2D eigenvalue weighted by molar-refractivity contribution is 0.0272. The maximum Gasteiger partial charge on any atom is 0.316 e. The number of sulfone groups is 1. The third kappa shape index (κ3) is 4.23. The van der Waals surface area contributed by atoms with Crippen LogP contribution in [0.15, 0.2) is 33.7 Å². The summed E-state index contributed by atoms with van der Waals surface area (Å²) in [5.41, 5.74) is 0.989. The van der Waals surface area contributed by atoms with Crippen molar-refractivity contribution in [3.8, 4) is 0 Å². The van der Waals surface area contributed by atoms with E-state index in [1.54, 1.807) is 29.2 Å². The summed E-state index contributed by atoms with van der Waals surface area (Å²) in [5, 5.41) is 3.71. The van der Waals surface area contributed by atoms with Crippen molar-refractivity contribution in [3.05, 3.63) is 41.5 Å². The van der Waals surface area contributed by atoms with Gasteiger partial charge in [0.05, 0.1) is 23.9 Å². The van der Waals surface area contributed by atoms with Crippen molar-refractivity contribution in [1.29, 1.82) is 0 Å². The number of carbonyl (C=O) groups is 1. The number of hydrogen-bond donors (Lipinski definition) is 0. The van der Waals surface area contributed by atoms with Crippen LogP contribution >= 0.6 is 0 Å². The van der Waals surface area contributed by atoms with Crippen LogP contribution in [-0.2, 0) is 21.0 Å². The highest BCUT2D eigenvalue weighted by Crippen LogP contribution is 2.14. The minimum atomic E-state index is -3.44. The molecule has 25 heavy (non-hydrogen) atoms. The van der Waals surface area contributed by atoms with Crippen LogP contribution in [0, 0.1) is 6.92 Å². The first kappa shape index (κ1) is 17.6. The fourth-order valence-corrected chi connectivity index (χ4v) is 3.67. The molecule has 0 bridgehead atoms. The predicted molar refractivity (Wildman–Crippen MR) is 88.0 cm³/mol. The van der Waals surface area contributed by atoms with Crippen LogP contribution in [0.5, 0.6) is 0 Å². The van der Waals surface area contributed by atoms with E-state index < -0.39 is 9.84 Å². The molecule has 3 rings (SSSR count). The second-order valence-electron chi connectivity index (χ2n) is 5.80. The Kier molecular flexibility index (Phi) is 5.14. The topological polar surface area (TPSA) is 103 Å². The van der Waals surface area contributed by atoms with E-state index in [4.69, 9.17) is 9.26 Å². The smallest absolute Gasteiger partial charge is 0.316 e. The highest BCUT2D eigenvalue weighted by molar-refractivity contribution is 7.91. The summed E-state index contributed by atoms with van der Waals surface area (Å²) in [6.45, 7) is 3.78. The van der Waals surface area contributed by atoms with E-state index in [0.717, 1.165) is 5.56 Å². The number of hydrogen-bond acceptors (Lipinski definition) is 7. The molecule has 1 aliphatic rings. The molecule has 1 aromatic carbocycles. The zero-order valence-electron chi connectivity index (χ0n) is 13.8. The zero-order valence-corrected chi connectivity index (χ0v) is 14.7. The molecule has 8 nitrogen and oxygen atoms in total. The molecule has 2 aromatic rings. The van der Waals surface area contributed by atoms with Gasteiger partial charge in [0.2, 0.25) is 0 Å². The van der Waals surface area contributed by atoms with Gasteiger partial charge in [0.1, 0.15) is 0 Å². The van der Waals surface area contributed by atoms with Crippen LogP contribution in [0.1, 0.15) is 22.1 Å². The van der Waals surface area contributed by atoms with Gasteiger partial charge in [0.25, 0.3) is 0 Å². The normalized spacial score (nSPS) is 15.3. The van der Waals surface area contributed by atoms with Crippen LogP contribution in [-0.4, -0.2) is 61.4 Å². The number of carbonyl (C=O) groups excluding carboxylic acids is 1. The highest BCUT2D eigenvalue weighted by Gasteiger charge is 2.24. The van der Waals surface area contributed by atoms with Gasteiger partial charge in [-0.25, -0.2) is 8.42 Å². The first-order valence-electron chi connectivity index (χ1n) is 7.95. The van der Waals surface area contributed by atoms with Crippen molar-refractivity contribution in [3.63, 3.8) is 0 Å². The van der Waals surface area contributed by atoms with Gasteiger partial charge < -0.3 is 14.2 Å². The van der Waals surface area contributed by atoms with E-state index in [9.17, 15) is 13.2 Å². The predicted octanol–water partition coefficient (Wildman–Crippen LogP) is 0.867. The Hall–Kier alpha value is -2.26. The molecule has 0 spiro atoms. The molecular weight excluding hydrogens is 346 g/mol. The Morgan fingerprint density at radius 2 is 1.88 bits per heavy atom. The van der Waals surface area contributed by atoms with E-state index in [1.165, 1.54) is 0 Å². The SMILES string of the molecule is Cc1ccc(S(=O)(=O)CCc2noc(C(=O)N3CCOCC3)n2)cc1. The molecule has 1 amide bonds. The van der Waals surface area contributed by atoms with Crippen LogP contribution in [0.4, 0.5) is 0 Å². The van der Waals surface area contributed by atoms with Crippen LogP contribution in [0.2, 0.25) is 0 Å². The number of morpholine rings is 1. The Labute approximate surface area is 145 Å². The quantitative estimate of drug-likeness (QED) is 0.774. The van der Waals surface area contributed by atoms with Gasteiger partial charge in [-0.1, -0.05) is 22.9 Å². The maximum absolute atomic E-state index is 12.3. The summed E-state index contributed by atoms with van der Waals surface area (Å²) in [4.78, 5) is 18.1. The summed E-state index contributed by atoms with van der Waals surface area (Å²) in [6, 6.07) is 6.66. The Morgan fingerprint density at radius 3 is 2.56 bits per heavy atom. The van der Waals surface area contributed by atoms with Gasteiger partial charge in [-0.3, -0.25) is 4.79 Å². The lowest BCUT2D eigenvalue weighted by Gasteiger charge is -2.25. The fraction of sp³-hybridized carbons (Fsp3) is 0.438. The van der Waals surface area contributed by atoms with Gasteiger partial charge >= 0.3 is 11.8 Å². The van der Waals surface area contributed by atoms with Gasteiger partial charge in [-0.15, -0.1) is 0 Å². The van der Waals surface area contributed by atoms with Crippen LogP contribution in [0.3, 0.4) is 0 Å². The maximum atomic E-state index is 12.3. The average Bonchev–Trinajstić information content (AvgIpc) is 3.10. The van der Waals surface area contributed by atoms with Crippen molar-refractivity contribution in [2.45, 2.75) is 18.2 Å². The molecule has 1 aliphatic heterocycles. The van der Waals surface area contributed by atoms with E-state index in [2.05, 4.69) is 10.1 Å². The summed E-state index contributed by atoms with van der Waals surface area (Å²) in [7, 11) is -3.44. The molecule has 1 aromatic heterocycles. The standard InChI is InChI=1S/C16H19N3O5S/c1-12-2-4-13(5-3-12)25(21,22)11-6-14-17-15(24-18-14)16(20)19-7-9-23-10-8-19/h2-5H,6-11H2,1H3. The van der Waals surface area contributed by atoms with E-state index in [-0.39, 0.29) is 34.7 Å². The van der Waals surface area contributed by atoms with Gasteiger partial charge in [0, 0.05) is 19.5 Å². The Balaban J connectivity index is 1.63. The summed E-state index contributed by atoms with van der Waals surface area (Å²) in [5.74, 6) is -0.429. The summed E-state index contributed by atoms with van der Waals surface area (Å²) in [6.07, 6.45) is 0.0795. The largest absolute Gasteiger partial charge is 0.378 e. The molecule has 134 valence electrons. The van der Waals surface area contributed by atoms with Gasteiger partial charge in [-0.05, 0) is 19.1 Å². The number of aryl methyl sites for hydroxylation is 2. The monoisotopic (exact) mass is 365 g/mol. The molecule has 0 saturated carbocycles. The van der Waals surface area contributed by atoms with Crippen molar-refractivity contribution < 1.29 is 22.5 Å². The Morgan fingerprint density at radius 1 is 1.20 bits per heavy atom. The highest BCUT2D eigenvalue weighted by atomic mass is 32.2. The molecule has 0 atom stereocenters. The number of benzene rings is 1. The Bertz CT molecular complexity index is 839. The molecule has 1 fully saturated rings. The number of ether oxygens (including phenoxy) is 1. The zero-order chi connectivity index (χ0) is 17.9. The van der Waals surface area contributed by atoms with Crippen molar-refractivity contribution in [2.24, 2.45) is 0 Å². The first-order valence-corrected chi connectivity index (χ1v) is 9.60. The van der Waals surface area contributed by atoms with Crippen LogP contribution in [0.25, 0.3) is 0 Å². The molecular formula is C16H19N3O5S. The van der Waals surface area contributed by atoms with Crippen LogP contribution < -0.4 is 0 Å². The number of rotatable bonds is 5. The van der Waals surface area contributed by atoms with E-state index >= 15 is 0 Å². The van der Waals surface area contributed by atoms with Crippen molar-refractivity contribution in [2.75, 3.05) is 32.1 Å². The van der Waals surface area contributed by atoms with Crippen molar-refractivity contribution >= 4 is 15.7 Å². The first-order chi connectivity index (χ1) is 12.0. The number of nitrogens with zero attached hydrogens (tertiary/aromatic N) is 3. The second kappa shape index (κ2) is 7.32. The fourth-order valence-electron chi connectivity index (χ4n) is 2.43. The molecule has 9 heteroatoms. The lowest BCUT2D eigenvalue weighted by Crippen LogP contribution is -2.40. The molecule has 0 radical (unpaired) electrons. The number of amides is 1. The number of aromatic nitrogens is 2. The molecule has 0 unspecified atom stereocenters. The minimum absolute atomic E-state index is 0.0795. The summed E-state index contributed by atoms with van der Waals surface area (Å²) < 4.78 is 34.8. The molecule has 0 N–H and O–H groups in total. The third-order valence-electron chi connectivity index (χ3n) is 3.92.